The lowest BCUT2D eigenvalue weighted by molar-refractivity contribution is 0.248. The maximum absolute atomic E-state index is 12.0. The van der Waals surface area contributed by atoms with E-state index in [9.17, 15) is 4.79 Å². The average Bonchev–Trinajstić information content (AvgIpc) is 3.35. The smallest absolute Gasteiger partial charge is 0.321 e. The highest BCUT2D eigenvalue weighted by atomic mass is 32.1. The topological polar surface area (TPSA) is 86.3 Å². The van der Waals surface area contributed by atoms with Gasteiger partial charge in [0, 0.05) is 50.3 Å². The van der Waals surface area contributed by atoms with Gasteiger partial charge in [0.15, 0.2) is 0 Å². The molecule has 8 nitrogen and oxygen atoms in total. The summed E-state index contributed by atoms with van der Waals surface area (Å²) in [6.07, 6.45) is 8.16. The first-order valence-electron chi connectivity index (χ1n) is 9.09. The number of urea groups is 1. The number of carbonyl (C=O) groups is 1. The number of amides is 2. The molecule has 2 amide bonds. The Morgan fingerprint density at radius 1 is 1.04 bits per heavy atom. The van der Waals surface area contributed by atoms with Gasteiger partial charge in [0.1, 0.15) is 0 Å². The number of aromatic nitrogens is 3. The van der Waals surface area contributed by atoms with E-state index in [-0.39, 0.29) is 6.03 Å². The summed E-state index contributed by atoms with van der Waals surface area (Å²) in [4.78, 5) is 20.7. The molecule has 26 heavy (non-hydrogen) atoms. The van der Waals surface area contributed by atoms with E-state index in [1.54, 1.807) is 0 Å². The predicted molar refractivity (Wildman–Crippen MR) is 103 cm³/mol. The van der Waals surface area contributed by atoms with Crippen LogP contribution in [-0.4, -0.2) is 53.4 Å². The SMILES string of the molecule is O=C(Nc1nnc(N2CCN(c3ccncc3)CC2)s1)NC1CCCC1. The Bertz CT molecular complexity index is 724. The van der Waals surface area contributed by atoms with Crippen molar-refractivity contribution in [2.75, 3.05) is 41.3 Å². The van der Waals surface area contributed by atoms with E-state index in [2.05, 4.69) is 35.6 Å². The van der Waals surface area contributed by atoms with E-state index < -0.39 is 0 Å². The molecule has 1 aliphatic heterocycles. The number of anilines is 3. The van der Waals surface area contributed by atoms with Crippen LogP contribution in [0.5, 0.6) is 0 Å². The molecule has 0 spiro atoms. The molecule has 0 unspecified atom stereocenters. The highest BCUT2D eigenvalue weighted by Gasteiger charge is 2.22. The van der Waals surface area contributed by atoms with Crippen molar-refractivity contribution >= 4 is 33.3 Å². The van der Waals surface area contributed by atoms with Gasteiger partial charge >= 0.3 is 6.03 Å². The summed E-state index contributed by atoms with van der Waals surface area (Å²) in [5, 5.41) is 15.6. The van der Waals surface area contributed by atoms with Gasteiger partial charge in [-0.1, -0.05) is 24.2 Å². The number of pyridine rings is 1. The molecule has 2 N–H and O–H groups in total. The summed E-state index contributed by atoms with van der Waals surface area (Å²) in [5.41, 5.74) is 1.20. The molecule has 1 saturated heterocycles. The standard InChI is InChI=1S/C17H23N7OS/c25-15(19-13-3-1-2-4-13)20-16-21-22-17(26-16)24-11-9-23(10-12-24)14-5-7-18-8-6-14/h5-8,13H,1-4,9-12H2,(H2,19,20,21,25). The molecule has 1 aliphatic carbocycles. The number of rotatable bonds is 4. The number of carbonyl (C=O) groups excluding carboxylic acids is 1. The summed E-state index contributed by atoms with van der Waals surface area (Å²) in [7, 11) is 0. The van der Waals surface area contributed by atoms with Gasteiger partial charge in [-0.15, -0.1) is 10.2 Å². The fourth-order valence-corrected chi connectivity index (χ4v) is 4.28. The number of nitrogens with one attached hydrogen (secondary N) is 2. The van der Waals surface area contributed by atoms with Gasteiger partial charge < -0.3 is 15.1 Å². The average molecular weight is 373 g/mol. The molecular formula is C17H23N7OS. The second kappa shape index (κ2) is 7.86. The zero-order valence-corrected chi connectivity index (χ0v) is 15.4. The van der Waals surface area contributed by atoms with Crippen molar-refractivity contribution in [2.24, 2.45) is 0 Å². The fourth-order valence-electron chi connectivity index (χ4n) is 3.49. The van der Waals surface area contributed by atoms with Crippen LogP contribution in [0, 0.1) is 0 Å². The van der Waals surface area contributed by atoms with Gasteiger partial charge in [0.05, 0.1) is 0 Å². The number of nitrogens with zero attached hydrogens (tertiary/aromatic N) is 5. The van der Waals surface area contributed by atoms with Crippen molar-refractivity contribution in [3.8, 4) is 0 Å². The molecule has 0 radical (unpaired) electrons. The lowest BCUT2D eigenvalue weighted by Gasteiger charge is -2.35. The van der Waals surface area contributed by atoms with Crippen molar-refractivity contribution in [1.29, 1.82) is 0 Å². The quantitative estimate of drug-likeness (QED) is 0.855. The number of piperazine rings is 1. The Labute approximate surface area is 156 Å². The molecule has 0 bridgehead atoms. The van der Waals surface area contributed by atoms with Crippen molar-refractivity contribution in [2.45, 2.75) is 31.7 Å². The monoisotopic (exact) mass is 373 g/mol. The molecule has 3 heterocycles. The van der Waals surface area contributed by atoms with Crippen molar-refractivity contribution < 1.29 is 4.79 Å². The molecular weight excluding hydrogens is 350 g/mol. The second-order valence-corrected chi connectivity index (χ2v) is 7.61. The van der Waals surface area contributed by atoms with Crippen LogP contribution in [0.4, 0.5) is 20.7 Å². The summed E-state index contributed by atoms with van der Waals surface area (Å²) >= 11 is 1.43. The Morgan fingerprint density at radius 2 is 1.73 bits per heavy atom. The van der Waals surface area contributed by atoms with Crippen molar-refractivity contribution in [1.82, 2.24) is 20.5 Å². The highest BCUT2D eigenvalue weighted by molar-refractivity contribution is 7.19. The molecule has 9 heteroatoms. The summed E-state index contributed by atoms with van der Waals surface area (Å²) in [6.45, 7) is 3.61. The van der Waals surface area contributed by atoms with E-state index >= 15 is 0 Å². The third kappa shape index (κ3) is 4.04. The molecule has 1 saturated carbocycles. The number of hydrogen-bond acceptors (Lipinski definition) is 7. The normalized spacial score (nSPS) is 18.2. The zero-order chi connectivity index (χ0) is 17.8. The van der Waals surface area contributed by atoms with E-state index in [1.807, 2.05) is 24.5 Å². The van der Waals surface area contributed by atoms with Gasteiger partial charge in [-0.3, -0.25) is 10.3 Å². The van der Waals surface area contributed by atoms with Crippen molar-refractivity contribution in [3.63, 3.8) is 0 Å². The van der Waals surface area contributed by atoms with E-state index in [4.69, 9.17) is 0 Å². The summed E-state index contributed by atoms with van der Waals surface area (Å²) in [6, 6.07) is 4.18. The van der Waals surface area contributed by atoms with E-state index in [0.717, 1.165) is 44.2 Å². The minimum absolute atomic E-state index is 0.179. The molecule has 138 valence electrons. The molecule has 2 aromatic heterocycles. The molecule has 2 aromatic rings. The zero-order valence-electron chi connectivity index (χ0n) is 14.6. The van der Waals surface area contributed by atoms with Crippen molar-refractivity contribution in [3.05, 3.63) is 24.5 Å². The maximum Gasteiger partial charge on any atom is 0.321 e. The van der Waals surface area contributed by atoms with Gasteiger partial charge in [0.2, 0.25) is 10.3 Å². The maximum atomic E-state index is 12.0. The first kappa shape index (κ1) is 17.0. The molecule has 2 aliphatic rings. The van der Waals surface area contributed by atoms with Crippen LogP contribution in [0.2, 0.25) is 0 Å². The number of hydrogen-bond donors (Lipinski definition) is 2. The Hall–Kier alpha value is -2.42. The van der Waals surface area contributed by atoms with Gasteiger partial charge in [-0.25, -0.2) is 4.79 Å². The van der Waals surface area contributed by atoms with E-state index in [0.29, 0.717) is 11.2 Å². The fraction of sp³-hybridized carbons (Fsp3) is 0.529. The van der Waals surface area contributed by atoms with Gasteiger partial charge in [-0.2, -0.15) is 0 Å². The van der Waals surface area contributed by atoms with Crippen LogP contribution in [-0.2, 0) is 0 Å². The van der Waals surface area contributed by atoms with Crippen LogP contribution in [0.1, 0.15) is 25.7 Å². The third-order valence-electron chi connectivity index (χ3n) is 4.90. The second-order valence-electron chi connectivity index (χ2n) is 6.65. The molecule has 4 rings (SSSR count). The van der Waals surface area contributed by atoms with Gasteiger partial charge in [0.25, 0.3) is 0 Å². The lowest BCUT2D eigenvalue weighted by atomic mass is 10.3. The molecule has 0 atom stereocenters. The Kier molecular flexibility index (Phi) is 5.14. The lowest BCUT2D eigenvalue weighted by Crippen LogP contribution is -2.46. The first-order chi connectivity index (χ1) is 12.8. The predicted octanol–water partition coefficient (Wildman–Crippen LogP) is 2.32. The van der Waals surface area contributed by atoms with Crippen LogP contribution in [0.15, 0.2) is 24.5 Å². The molecule has 0 aromatic carbocycles. The van der Waals surface area contributed by atoms with E-state index in [1.165, 1.54) is 29.9 Å². The van der Waals surface area contributed by atoms with Crippen LogP contribution >= 0.6 is 11.3 Å². The Balaban J connectivity index is 1.29. The minimum Gasteiger partial charge on any atom is -0.368 e. The van der Waals surface area contributed by atoms with Crippen LogP contribution < -0.4 is 20.4 Å². The Morgan fingerprint density at radius 3 is 2.46 bits per heavy atom. The highest BCUT2D eigenvalue weighted by Crippen LogP contribution is 2.26. The third-order valence-corrected chi connectivity index (χ3v) is 5.80. The van der Waals surface area contributed by atoms with Crippen LogP contribution in [0.3, 0.4) is 0 Å². The summed E-state index contributed by atoms with van der Waals surface area (Å²) in [5.74, 6) is 0. The molecule has 2 fully saturated rings. The minimum atomic E-state index is -0.179. The van der Waals surface area contributed by atoms with Crippen LogP contribution in [0.25, 0.3) is 0 Å². The largest absolute Gasteiger partial charge is 0.368 e. The van der Waals surface area contributed by atoms with Gasteiger partial charge in [-0.05, 0) is 25.0 Å². The summed E-state index contributed by atoms with van der Waals surface area (Å²) < 4.78 is 0. The first-order valence-corrected chi connectivity index (χ1v) is 9.90.